The lowest BCUT2D eigenvalue weighted by atomic mass is 9.57. The van der Waals surface area contributed by atoms with Gasteiger partial charge in [0.15, 0.2) is 26.9 Å². The lowest BCUT2D eigenvalue weighted by Crippen LogP contribution is -2.59. The molecule has 0 aliphatic heterocycles. The Hall–Kier alpha value is -0.450. The molecule has 0 heterocycles. The van der Waals surface area contributed by atoms with Gasteiger partial charge in [-0.2, -0.15) is 0 Å². The van der Waals surface area contributed by atoms with Gasteiger partial charge in [-0.15, -0.1) is 0 Å². The second-order valence-electron chi connectivity index (χ2n) is 6.85. The number of hydrogen-bond acceptors (Lipinski definition) is 4. The highest BCUT2D eigenvalue weighted by Gasteiger charge is 2.59. The highest BCUT2D eigenvalue weighted by atomic mass is 35.6. The monoisotopic (exact) mass is 368 g/mol. The fourth-order valence-corrected chi connectivity index (χ4v) is 2.91. The van der Waals surface area contributed by atoms with E-state index in [1.165, 1.54) is 27.7 Å². The molecule has 0 N–H and O–H groups in total. The molecule has 1 saturated carbocycles. The van der Waals surface area contributed by atoms with E-state index in [0.29, 0.717) is 0 Å². The van der Waals surface area contributed by atoms with Gasteiger partial charge in [0, 0.05) is 12.3 Å². The largest absolute Gasteiger partial charge is 0.298 e. The summed E-state index contributed by atoms with van der Waals surface area (Å²) in [7, 11) is 0. The van der Waals surface area contributed by atoms with Crippen molar-refractivity contribution in [2.45, 2.75) is 44.8 Å². The van der Waals surface area contributed by atoms with Crippen molar-refractivity contribution < 1.29 is 19.2 Å². The zero-order chi connectivity index (χ0) is 17.7. The highest BCUT2D eigenvalue weighted by Crippen LogP contribution is 2.43. The summed E-state index contributed by atoms with van der Waals surface area (Å²) in [6, 6.07) is 0. The summed E-state index contributed by atoms with van der Waals surface area (Å²) in [4.78, 5) is 49.7. The second kappa shape index (κ2) is 5.88. The van der Waals surface area contributed by atoms with Crippen LogP contribution in [0.4, 0.5) is 0 Å². The Labute approximate surface area is 144 Å². The molecule has 1 rings (SSSR count). The number of Topliss-reactive ketones (excluding diaryl/α,β-unsaturated/α-hetero) is 4. The Morgan fingerprint density at radius 2 is 1.41 bits per heavy atom. The molecule has 0 saturated heterocycles. The van der Waals surface area contributed by atoms with E-state index in [4.69, 9.17) is 34.8 Å². The summed E-state index contributed by atoms with van der Waals surface area (Å²) in [6.45, 7) is 7.29. The third-order valence-corrected chi connectivity index (χ3v) is 5.40. The van der Waals surface area contributed by atoms with Crippen LogP contribution in [0.15, 0.2) is 0 Å². The number of alkyl halides is 3. The van der Waals surface area contributed by atoms with Crippen molar-refractivity contribution in [1.82, 2.24) is 0 Å². The van der Waals surface area contributed by atoms with Gasteiger partial charge >= 0.3 is 0 Å². The Kier molecular flexibility index (Phi) is 5.24. The standard InChI is InChI=1S/C15H19Cl3O4/c1-7(15(16,17)18)6-8(19)9-10(20)13(2,3)12(22)14(4,5)11(9)21/h7,9H,6H2,1-5H3. The minimum atomic E-state index is -1.67. The van der Waals surface area contributed by atoms with Gasteiger partial charge in [-0.05, 0) is 27.7 Å². The van der Waals surface area contributed by atoms with E-state index in [0.717, 1.165) is 0 Å². The van der Waals surface area contributed by atoms with Crippen LogP contribution in [0.2, 0.25) is 0 Å². The molecule has 0 aromatic heterocycles. The minimum absolute atomic E-state index is 0.223. The van der Waals surface area contributed by atoms with E-state index in [1.807, 2.05) is 0 Å². The van der Waals surface area contributed by atoms with Crippen LogP contribution in [0.1, 0.15) is 41.0 Å². The van der Waals surface area contributed by atoms with Crippen molar-refractivity contribution in [2.24, 2.45) is 22.7 Å². The van der Waals surface area contributed by atoms with Crippen LogP contribution in [-0.2, 0) is 19.2 Å². The zero-order valence-corrected chi connectivity index (χ0v) is 15.4. The quantitative estimate of drug-likeness (QED) is 0.565. The van der Waals surface area contributed by atoms with Crippen molar-refractivity contribution in [1.29, 1.82) is 0 Å². The summed E-state index contributed by atoms with van der Waals surface area (Å²) >= 11 is 17.2. The first kappa shape index (κ1) is 19.6. The molecule has 0 amide bonds. The number of carbonyl (C=O) groups excluding carboxylic acids is 4. The minimum Gasteiger partial charge on any atom is -0.298 e. The Bertz CT molecular complexity index is 513. The van der Waals surface area contributed by atoms with Crippen molar-refractivity contribution >= 4 is 57.9 Å². The van der Waals surface area contributed by atoms with Crippen LogP contribution < -0.4 is 0 Å². The molecule has 1 atom stereocenters. The summed E-state index contributed by atoms with van der Waals surface area (Å²) in [5.74, 6) is -4.57. The van der Waals surface area contributed by atoms with Crippen LogP contribution in [0.25, 0.3) is 0 Å². The molecular formula is C15H19Cl3O4. The van der Waals surface area contributed by atoms with Crippen molar-refractivity contribution in [3.63, 3.8) is 0 Å². The smallest absolute Gasteiger partial charge is 0.193 e. The van der Waals surface area contributed by atoms with Crippen LogP contribution in [-0.4, -0.2) is 26.9 Å². The lowest BCUT2D eigenvalue weighted by molar-refractivity contribution is -0.161. The van der Waals surface area contributed by atoms with Gasteiger partial charge in [0.1, 0.15) is 5.92 Å². The average molecular weight is 370 g/mol. The van der Waals surface area contributed by atoms with Gasteiger partial charge in [-0.25, -0.2) is 0 Å². The lowest BCUT2D eigenvalue weighted by Gasteiger charge is -2.40. The SMILES string of the molecule is CC(CC(=O)C1C(=O)C(C)(C)C(=O)C(C)(C)C1=O)C(Cl)(Cl)Cl. The van der Waals surface area contributed by atoms with E-state index in [2.05, 4.69) is 0 Å². The van der Waals surface area contributed by atoms with Crippen LogP contribution in [0.5, 0.6) is 0 Å². The molecule has 22 heavy (non-hydrogen) atoms. The van der Waals surface area contributed by atoms with Crippen molar-refractivity contribution in [3.8, 4) is 0 Å². The number of rotatable bonds is 3. The topological polar surface area (TPSA) is 68.3 Å². The van der Waals surface area contributed by atoms with Crippen molar-refractivity contribution in [2.75, 3.05) is 0 Å². The van der Waals surface area contributed by atoms with Gasteiger partial charge in [0.2, 0.25) is 0 Å². The Balaban J connectivity index is 3.18. The summed E-state index contributed by atoms with van der Waals surface area (Å²) in [6.07, 6.45) is -0.223. The fraction of sp³-hybridized carbons (Fsp3) is 0.733. The molecule has 1 unspecified atom stereocenters. The second-order valence-corrected chi connectivity index (χ2v) is 9.22. The maximum absolute atomic E-state index is 12.5. The van der Waals surface area contributed by atoms with E-state index in [1.54, 1.807) is 6.92 Å². The molecule has 0 bridgehead atoms. The molecule has 1 fully saturated rings. The molecule has 0 aromatic carbocycles. The van der Waals surface area contributed by atoms with E-state index >= 15 is 0 Å². The Morgan fingerprint density at radius 3 is 1.73 bits per heavy atom. The normalized spacial score (nSPS) is 23.5. The maximum Gasteiger partial charge on any atom is 0.193 e. The van der Waals surface area contributed by atoms with Gasteiger partial charge in [-0.1, -0.05) is 41.7 Å². The molecule has 124 valence electrons. The number of halogens is 3. The van der Waals surface area contributed by atoms with Crippen LogP contribution in [0, 0.1) is 22.7 Å². The number of carbonyl (C=O) groups is 4. The summed E-state index contributed by atoms with van der Waals surface area (Å²) < 4.78 is -1.67. The third kappa shape index (κ3) is 3.24. The molecule has 0 spiro atoms. The average Bonchev–Trinajstić information content (AvgIpc) is 2.34. The van der Waals surface area contributed by atoms with Crippen LogP contribution >= 0.6 is 34.8 Å². The first-order valence-corrected chi connectivity index (χ1v) is 8.01. The fourth-order valence-electron chi connectivity index (χ4n) is 2.67. The van der Waals surface area contributed by atoms with Gasteiger partial charge in [-0.3, -0.25) is 19.2 Å². The maximum atomic E-state index is 12.5. The molecule has 1 aliphatic carbocycles. The number of hydrogen-bond donors (Lipinski definition) is 0. The molecule has 7 heteroatoms. The highest BCUT2D eigenvalue weighted by molar-refractivity contribution is 6.67. The van der Waals surface area contributed by atoms with E-state index in [-0.39, 0.29) is 6.42 Å². The van der Waals surface area contributed by atoms with Crippen LogP contribution in [0.3, 0.4) is 0 Å². The predicted molar refractivity (Wildman–Crippen MR) is 85.2 cm³/mol. The first-order chi connectivity index (χ1) is 9.65. The summed E-state index contributed by atoms with van der Waals surface area (Å²) in [5, 5.41) is 0. The van der Waals surface area contributed by atoms with Gasteiger partial charge < -0.3 is 0 Å². The van der Waals surface area contributed by atoms with E-state index in [9.17, 15) is 19.2 Å². The zero-order valence-electron chi connectivity index (χ0n) is 13.1. The molecule has 4 nitrogen and oxygen atoms in total. The molecule has 0 radical (unpaired) electrons. The third-order valence-electron chi connectivity index (χ3n) is 4.28. The predicted octanol–water partition coefficient (Wildman–Crippen LogP) is 3.34. The summed E-state index contributed by atoms with van der Waals surface area (Å²) in [5.41, 5.74) is -2.78. The van der Waals surface area contributed by atoms with Crippen molar-refractivity contribution in [3.05, 3.63) is 0 Å². The Morgan fingerprint density at radius 1 is 1.05 bits per heavy atom. The molecule has 0 aromatic rings. The van der Waals surface area contributed by atoms with Gasteiger partial charge in [0.25, 0.3) is 0 Å². The molecular weight excluding hydrogens is 351 g/mol. The van der Waals surface area contributed by atoms with Gasteiger partial charge in [0.05, 0.1) is 10.8 Å². The van der Waals surface area contributed by atoms with E-state index < -0.39 is 49.6 Å². The number of ketones is 4. The first-order valence-electron chi connectivity index (χ1n) is 6.88. The molecule has 1 aliphatic rings.